The van der Waals surface area contributed by atoms with Crippen molar-refractivity contribution in [2.75, 3.05) is 0 Å². The summed E-state index contributed by atoms with van der Waals surface area (Å²) in [6, 6.07) is 12.2. The minimum Gasteiger partial charge on any atom is -0.306 e. The van der Waals surface area contributed by atoms with E-state index >= 15 is 0 Å². The third-order valence-electron chi connectivity index (χ3n) is 3.95. The summed E-state index contributed by atoms with van der Waals surface area (Å²) in [5, 5.41) is 4.77. The molecule has 0 aliphatic carbocycles. The molecule has 0 saturated carbocycles. The molecule has 0 unspecified atom stereocenters. The van der Waals surface area contributed by atoms with Crippen LogP contribution in [0.25, 0.3) is 16.8 Å². The predicted octanol–water partition coefficient (Wildman–Crippen LogP) is 2.78. The lowest BCUT2D eigenvalue weighted by molar-refractivity contribution is 0.577. The Morgan fingerprint density at radius 1 is 1.08 bits per heavy atom. The van der Waals surface area contributed by atoms with E-state index in [1.54, 1.807) is 12.5 Å². The van der Waals surface area contributed by atoms with Crippen molar-refractivity contribution in [3.05, 3.63) is 71.3 Å². The topological polar surface area (TPSA) is 66.3 Å². The van der Waals surface area contributed by atoms with Crippen molar-refractivity contribution in [2.24, 2.45) is 5.10 Å². The summed E-state index contributed by atoms with van der Waals surface area (Å²) in [5.41, 5.74) is 13.5. The third kappa shape index (κ3) is 2.62. The van der Waals surface area contributed by atoms with Crippen molar-refractivity contribution in [2.45, 2.75) is 6.92 Å². The van der Waals surface area contributed by atoms with Gasteiger partial charge in [0, 0.05) is 34.2 Å². The van der Waals surface area contributed by atoms with Crippen LogP contribution in [0, 0.1) is 6.92 Å². The molecule has 6 nitrogen and oxygen atoms in total. The minimum absolute atomic E-state index is 0.683. The Kier molecular flexibility index (Phi) is 3.68. The SMILES string of the molecule is Cc1cc(-n2ccnc2)ccc1-c1ccc(C2=NNNN2)cc1Cl. The summed E-state index contributed by atoms with van der Waals surface area (Å²) < 4.78 is 1.98. The Bertz CT molecular complexity index is 917. The lowest BCUT2D eigenvalue weighted by Gasteiger charge is -2.12. The highest BCUT2D eigenvalue weighted by Gasteiger charge is 2.12. The van der Waals surface area contributed by atoms with Gasteiger partial charge < -0.3 is 4.57 Å². The number of hydrazone groups is 1. The zero-order chi connectivity index (χ0) is 16.5. The van der Waals surface area contributed by atoms with Crippen LogP contribution in [0.15, 0.2) is 60.2 Å². The molecule has 2 aromatic carbocycles. The van der Waals surface area contributed by atoms with Gasteiger partial charge in [0.05, 0.1) is 6.33 Å². The van der Waals surface area contributed by atoms with Gasteiger partial charge in [0.25, 0.3) is 0 Å². The van der Waals surface area contributed by atoms with Crippen LogP contribution in [0.4, 0.5) is 0 Å². The van der Waals surface area contributed by atoms with Gasteiger partial charge in [-0.3, -0.25) is 5.43 Å². The Hall–Kier alpha value is -2.83. The molecule has 2 heterocycles. The molecule has 1 aromatic heterocycles. The fourth-order valence-electron chi connectivity index (χ4n) is 2.74. The summed E-state index contributed by atoms with van der Waals surface area (Å²) in [7, 11) is 0. The van der Waals surface area contributed by atoms with Gasteiger partial charge in [-0.05, 0) is 36.2 Å². The standard InChI is InChI=1S/C17H15ClN6/c1-11-8-13(24-7-6-19-10-24)3-5-14(11)15-4-2-12(9-16(15)18)17-20-22-23-21-17/h2-10,22-23H,1H3,(H,20,21). The van der Waals surface area contributed by atoms with Gasteiger partial charge in [-0.15, -0.1) is 10.6 Å². The van der Waals surface area contributed by atoms with E-state index in [1.165, 1.54) is 0 Å². The van der Waals surface area contributed by atoms with Crippen LogP contribution < -0.4 is 16.5 Å². The molecule has 3 aromatic rings. The highest BCUT2D eigenvalue weighted by molar-refractivity contribution is 6.33. The van der Waals surface area contributed by atoms with Gasteiger partial charge in [-0.25, -0.2) is 10.5 Å². The van der Waals surface area contributed by atoms with E-state index in [4.69, 9.17) is 11.6 Å². The van der Waals surface area contributed by atoms with Gasteiger partial charge in [0.2, 0.25) is 0 Å². The Labute approximate surface area is 144 Å². The number of benzene rings is 2. The second-order valence-electron chi connectivity index (χ2n) is 5.49. The first-order chi connectivity index (χ1) is 11.7. The molecule has 0 bridgehead atoms. The largest absolute Gasteiger partial charge is 0.306 e. The number of nitrogens with one attached hydrogen (secondary N) is 3. The van der Waals surface area contributed by atoms with Crippen molar-refractivity contribution < 1.29 is 0 Å². The van der Waals surface area contributed by atoms with Crippen LogP contribution in [-0.4, -0.2) is 15.4 Å². The van der Waals surface area contributed by atoms with E-state index in [2.05, 4.69) is 51.7 Å². The number of rotatable bonds is 3. The van der Waals surface area contributed by atoms with Crippen molar-refractivity contribution in [1.29, 1.82) is 0 Å². The van der Waals surface area contributed by atoms with Crippen LogP contribution in [0.3, 0.4) is 0 Å². The van der Waals surface area contributed by atoms with Gasteiger partial charge in [-0.2, -0.15) is 0 Å². The minimum atomic E-state index is 0.683. The first-order valence-corrected chi connectivity index (χ1v) is 7.83. The second-order valence-corrected chi connectivity index (χ2v) is 5.89. The summed E-state index contributed by atoms with van der Waals surface area (Å²) in [6.45, 7) is 2.08. The van der Waals surface area contributed by atoms with Crippen LogP contribution in [-0.2, 0) is 0 Å². The summed E-state index contributed by atoms with van der Waals surface area (Å²) in [5.74, 6) is 0.704. The molecule has 1 aliphatic heterocycles. The van der Waals surface area contributed by atoms with Crippen LogP contribution in [0.2, 0.25) is 5.02 Å². The Morgan fingerprint density at radius 2 is 1.96 bits per heavy atom. The van der Waals surface area contributed by atoms with E-state index < -0.39 is 0 Å². The average Bonchev–Trinajstić information content (AvgIpc) is 3.29. The van der Waals surface area contributed by atoms with Crippen LogP contribution >= 0.6 is 11.6 Å². The smallest absolute Gasteiger partial charge is 0.170 e. The molecule has 0 spiro atoms. The molecule has 3 N–H and O–H groups in total. The fourth-order valence-corrected chi connectivity index (χ4v) is 3.02. The zero-order valence-corrected chi connectivity index (χ0v) is 13.7. The third-order valence-corrected chi connectivity index (χ3v) is 4.26. The summed E-state index contributed by atoms with van der Waals surface area (Å²) in [6.07, 6.45) is 5.48. The van der Waals surface area contributed by atoms with Gasteiger partial charge >= 0.3 is 0 Å². The Morgan fingerprint density at radius 3 is 2.62 bits per heavy atom. The van der Waals surface area contributed by atoms with E-state index in [0.29, 0.717) is 10.9 Å². The quantitative estimate of drug-likeness (QED) is 0.687. The number of hydrogen-bond donors (Lipinski definition) is 3. The molecule has 0 radical (unpaired) electrons. The van der Waals surface area contributed by atoms with Crippen molar-refractivity contribution in [1.82, 2.24) is 26.0 Å². The molecule has 0 fully saturated rings. The molecule has 0 atom stereocenters. The molecule has 0 saturated heterocycles. The second kappa shape index (κ2) is 5.99. The Balaban J connectivity index is 1.71. The molecule has 4 rings (SSSR count). The molecule has 1 aliphatic rings. The zero-order valence-electron chi connectivity index (χ0n) is 12.9. The maximum absolute atomic E-state index is 6.51. The molecule has 24 heavy (non-hydrogen) atoms. The van der Waals surface area contributed by atoms with Crippen molar-refractivity contribution in [3.63, 3.8) is 0 Å². The van der Waals surface area contributed by atoms with Crippen molar-refractivity contribution >= 4 is 17.4 Å². The number of aromatic nitrogens is 2. The van der Waals surface area contributed by atoms with Gasteiger partial charge in [0.15, 0.2) is 5.84 Å². The maximum Gasteiger partial charge on any atom is 0.170 e. The van der Waals surface area contributed by atoms with Gasteiger partial charge in [0.1, 0.15) is 0 Å². The summed E-state index contributed by atoms with van der Waals surface area (Å²) >= 11 is 6.51. The molecule has 0 amide bonds. The van der Waals surface area contributed by atoms with Crippen molar-refractivity contribution in [3.8, 4) is 16.8 Å². The number of imidazole rings is 1. The number of halogens is 1. The van der Waals surface area contributed by atoms with E-state index in [0.717, 1.165) is 27.9 Å². The first-order valence-electron chi connectivity index (χ1n) is 7.45. The maximum atomic E-state index is 6.51. The lowest BCUT2D eigenvalue weighted by Crippen LogP contribution is -2.35. The highest BCUT2D eigenvalue weighted by atomic mass is 35.5. The number of amidine groups is 1. The molecular weight excluding hydrogens is 324 g/mol. The number of aryl methyl sites for hydroxylation is 1. The number of hydrogen-bond acceptors (Lipinski definition) is 5. The molecular formula is C17H15ClN6. The molecule has 7 heteroatoms. The molecule has 120 valence electrons. The number of hydrazine groups is 2. The van der Waals surface area contributed by atoms with E-state index in [1.807, 2.05) is 29.0 Å². The lowest BCUT2D eigenvalue weighted by atomic mass is 9.98. The van der Waals surface area contributed by atoms with Crippen LogP contribution in [0.5, 0.6) is 0 Å². The average molecular weight is 339 g/mol. The van der Waals surface area contributed by atoms with Crippen LogP contribution in [0.1, 0.15) is 11.1 Å². The normalized spacial score (nSPS) is 13.3. The first kappa shape index (κ1) is 14.7. The van der Waals surface area contributed by atoms with Gasteiger partial charge in [-0.1, -0.05) is 29.8 Å². The monoisotopic (exact) mass is 338 g/mol. The van der Waals surface area contributed by atoms with E-state index in [-0.39, 0.29) is 0 Å². The predicted molar refractivity (Wildman–Crippen MR) is 94.7 cm³/mol. The highest BCUT2D eigenvalue weighted by Crippen LogP contribution is 2.32. The number of nitrogens with zero attached hydrogens (tertiary/aromatic N) is 3. The fraction of sp³-hybridized carbons (Fsp3) is 0.0588. The summed E-state index contributed by atoms with van der Waals surface area (Å²) in [4.78, 5) is 4.08. The van der Waals surface area contributed by atoms with E-state index in [9.17, 15) is 0 Å².